The molecule has 2 amide bonds. The zero-order valence-electron chi connectivity index (χ0n) is 23.6. The van der Waals surface area contributed by atoms with Crippen molar-refractivity contribution in [3.8, 4) is 0 Å². The van der Waals surface area contributed by atoms with Gasteiger partial charge < -0.3 is 10.2 Å². The van der Waals surface area contributed by atoms with Crippen LogP contribution in [0, 0.1) is 13.8 Å². The van der Waals surface area contributed by atoms with E-state index in [1.54, 1.807) is 56.3 Å². The van der Waals surface area contributed by atoms with E-state index < -0.39 is 28.5 Å². The molecule has 0 heterocycles. The van der Waals surface area contributed by atoms with Crippen LogP contribution in [-0.4, -0.2) is 43.8 Å². The van der Waals surface area contributed by atoms with Crippen LogP contribution < -0.4 is 9.62 Å². The highest BCUT2D eigenvalue weighted by atomic mass is 35.5. The number of amides is 2. The average molecular weight is 639 g/mol. The van der Waals surface area contributed by atoms with Crippen LogP contribution in [0.4, 0.5) is 5.69 Å². The Labute approximate surface area is 257 Å². The van der Waals surface area contributed by atoms with Crippen molar-refractivity contribution in [2.45, 2.75) is 64.6 Å². The normalized spacial score (nSPS) is 12.9. The number of nitrogens with one attached hydrogen (secondary N) is 1. The zero-order valence-corrected chi connectivity index (χ0v) is 26.7. The first-order chi connectivity index (χ1) is 19.2. The van der Waals surface area contributed by atoms with Crippen molar-refractivity contribution < 1.29 is 18.0 Å². The van der Waals surface area contributed by atoms with E-state index in [4.69, 9.17) is 34.8 Å². The maximum Gasteiger partial charge on any atom is 0.264 e. The molecule has 3 rings (SSSR count). The molecule has 0 aliphatic carbocycles. The lowest BCUT2D eigenvalue weighted by Crippen LogP contribution is -2.52. The molecule has 1 N–H and O–H groups in total. The number of hydrogen-bond acceptors (Lipinski definition) is 4. The second-order valence-electron chi connectivity index (χ2n) is 10.0. The predicted octanol–water partition coefficient (Wildman–Crippen LogP) is 6.79. The van der Waals surface area contributed by atoms with Crippen LogP contribution in [0.2, 0.25) is 15.1 Å². The molecule has 3 aromatic carbocycles. The number of carbonyl (C=O) groups excluding carboxylic acids is 2. The van der Waals surface area contributed by atoms with E-state index in [0.29, 0.717) is 32.6 Å². The Morgan fingerprint density at radius 2 is 1.51 bits per heavy atom. The SMILES string of the molecule is CC[C@H](C)NC(=O)[C@@H](C)N(Cc1ccc(Cl)cc1Cl)C(=O)CN(c1cc(Cl)ccc1C)S(=O)(=O)c1ccc(C)cc1. The van der Waals surface area contributed by atoms with E-state index in [9.17, 15) is 18.0 Å². The summed E-state index contributed by atoms with van der Waals surface area (Å²) in [6.07, 6.45) is 0.700. The summed E-state index contributed by atoms with van der Waals surface area (Å²) in [4.78, 5) is 28.6. The van der Waals surface area contributed by atoms with Gasteiger partial charge in [-0.2, -0.15) is 0 Å². The number of nitrogens with zero attached hydrogens (tertiary/aromatic N) is 2. The fraction of sp³-hybridized carbons (Fsp3) is 0.333. The molecular formula is C30H34Cl3N3O4S. The molecule has 0 aliphatic heterocycles. The number of aryl methyl sites for hydroxylation is 2. The molecule has 0 saturated heterocycles. The van der Waals surface area contributed by atoms with Crippen LogP contribution in [0.5, 0.6) is 0 Å². The molecule has 0 aliphatic rings. The van der Waals surface area contributed by atoms with Gasteiger partial charge in [0.05, 0.1) is 10.6 Å². The van der Waals surface area contributed by atoms with Crippen molar-refractivity contribution in [3.05, 3.63) is 92.4 Å². The minimum atomic E-state index is -4.21. The van der Waals surface area contributed by atoms with Gasteiger partial charge in [-0.1, -0.05) is 71.6 Å². The Hall–Kier alpha value is -2.78. The molecule has 3 aromatic rings. The van der Waals surface area contributed by atoms with Crippen molar-refractivity contribution in [3.63, 3.8) is 0 Å². The zero-order chi connectivity index (χ0) is 30.5. The average Bonchev–Trinajstić information content (AvgIpc) is 2.92. The van der Waals surface area contributed by atoms with Gasteiger partial charge in [0.25, 0.3) is 10.0 Å². The van der Waals surface area contributed by atoms with Gasteiger partial charge in [-0.3, -0.25) is 13.9 Å². The minimum Gasteiger partial charge on any atom is -0.352 e. The number of sulfonamides is 1. The molecule has 0 saturated carbocycles. The van der Waals surface area contributed by atoms with Gasteiger partial charge in [0, 0.05) is 27.7 Å². The monoisotopic (exact) mass is 637 g/mol. The molecule has 0 aromatic heterocycles. The maximum absolute atomic E-state index is 14.1. The molecular weight excluding hydrogens is 605 g/mol. The van der Waals surface area contributed by atoms with Gasteiger partial charge in [-0.25, -0.2) is 8.42 Å². The second kappa shape index (κ2) is 13.9. The van der Waals surface area contributed by atoms with Crippen LogP contribution in [0.15, 0.2) is 65.6 Å². The Morgan fingerprint density at radius 1 is 0.902 bits per heavy atom. The number of benzene rings is 3. The highest BCUT2D eigenvalue weighted by Crippen LogP contribution is 2.30. The van der Waals surface area contributed by atoms with Crippen molar-refractivity contribution in [1.29, 1.82) is 0 Å². The first-order valence-electron chi connectivity index (χ1n) is 13.1. The molecule has 0 spiro atoms. The van der Waals surface area contributed by atoms with Crippen LogP contribution in [0.25, 0.3) is 0 Å². The molecule has 11 heteroatoms. The van der Waals surface area contributed by atoms with Crippen LogP contribution in [0.3, 0.4) is 0 Å². The summed E-state index contributed by atoms with van der Waals surface area (Å²) in [7, 11) is -4.21. The summed E-state index contributed by atoms with van der Waals surface area (Å²) in [6.45, 7) is 8.37. The topological polar surface area (TPSA) is 86.8 Å². The summed E-state index contributed by atoms with van der Waals surface area (Å²) < 4.78 is 29.0. The van der Waals surface area contributed by atoms with Gasteiger partial charge in [-0.15, -0.1) is 0 Å². The lowest BCUT2D eigenvalue weighted by Gasteiger charge is -2.33. The van der Waals surface area contributed by atoms with E-state index in [2.05, 4.69) is 5.32 Å². The molecule has 7 nitrogen and oxygen atoms in total. The van der Waals surface area contributed by atoms with Crippen molar-refractivity contribution >= 4 is 62.3 Å². The van der Waals surface area contributed by atoms with Gasteiger partial charge in [0.2, 0.25) is 11.8 Å². The standard InChI is InChI=1S/C30H34Cl3N3O4S/c1-6-21(4)34-30(38)22(5)35(17-23-10-12-24(31)15-27(23)33)29(37)18-36(28-16-25(32)11-9-20(28)3)41(39,40)26-13-7-19(2)8-14-26/h7-16,21-22H,6,17-18H2,1-5H3,(H,34,38)/t21-,22+/m0/s1. The van der Waals surface area contributed by atoms with E-state index in [-0.39, 0.29) is 29.1 Å². The van der Waals surface area contributed by atoms with Crippen molar-refractivity contribution in [1.82, 2.24) is 10.2 Å². The lowest BCUT2D eigenvalue weighted by atomic mass is 10.1. The Balaban J connectivity index is 2.09. The van der Waals surface area contributed by atoms with E-state index >= 15 is 0 Å². The van der Waals surface area contributed by atoms with Crippen molar-refractivity contribution in [2.24, 2.45) is 0 Å². The van der Waals surface area contributed by atoms with Crippen LogP contribution in [0.1, 0.15) is 43.9 Å². The first kappa shape index (κ1) is 32.7. The molecule has 0 fully saturated rings. The molecule has 41 heavy (non-hydrogen) atoms. The number of rotatable bonds is 11. The van der Waals surface area contributed by atoms with Crippen LogP contribution >= 0.6 is 34.8 Å². The van der Waals surface area contributed by atoms with E-state index in [1.807, 2.05) is 20.8 Å². The molecule has 2 atom stereocenters. The summed E-state index contributed by atoms with van der Waals surface area (Å²) in [5.74, 6) is -0.970. The predicted molar refractivity (Wildman–Crippen MR) is 166 cm³/mol. The fourth-order valence-corrected chi connectivity index (χ4v) is 6.19. The third kappa shape index (κ3) is 8.16. The second-order valence-corrected chi connectivity index (χ2v) is 13.1. The van der Waals surface area contributed by atoms with Crippen molar-refractivity contribution in [2.75, 3.05) is 10.8 Å². The number of hydrogen-bond donors (Lipinski definition) is 1. The largest absolute Gasteiger partial charge is 0.352 e. The number of carbonyl (C=O) groups is 2. The molecule has 0 unspecified atom stereocenters. The van der Waals surface area contributed by atoms with Gasteiger partial charge >= 0.3 is 0 Å². The first-order valence-corrected chi connectivity index (χ1v) is 15.7. The molecule has 220 valence electrons. The summed E-state index contributed by atoms with van der Waals surface area (Å²) in [6, 6.07) is 15.0. The number of anilines is 1. The third-order valence-corrected chi connectivity index (χ3v) is 9.45. The molecule has 0 radical (unpaired) electrons. The quantitative estimate of drug-likeness (QED) is 0.251. The fourth-order valence-electron chi connectivity index (χ4n) is 4.08. The maximum atomic E-state index is 14.1. The third-order valence-electron chi connectivity index (χ3n) is 6.85. The van der Waals surface area contributed by atoms with Gasteiger partial charge in [0.1, 0.15) is 12.6 Å². The summed E-state index contributed by atoms with van der Waals surface area (Å²) in [5.41, 5.74) is 2.30. The van der Waals surface area contributed by atoms with E-state index in [1.165, 1.54) is 23.1 Å². The smallest absolute Gasteiger partial charge is 0.264 e. The highest BCUT2D eigenvalue weighted by Gasteiger charge is 2.33. The lowest BCUT2D eigenvalue weighted by molar-refractivity contribution is -0.139. The number of halogens is 3. The molecule has 0 bridgehead atoms. The minimum absolute atomic E-state index is 0.0186. The Kier molecular flexibility index (Phi) is 11.1. The van der Waals surface area contributed by atoms with E-state index in [0.717, 1.165) is 9.87 Å². The van der Waals surface area contributed by atoms with Crippen LogP contribution in [-0.2, 0) is 26.2 Å². The highest BCUT2D eigenvalue weighted by molar-refractivity contribution is 7.92. The summed E-state index contributed by atoms with van der Waals surface area (Å²) >= 11 is 18.8. The summed E-state index contributed by atoms with van der Waals surface area (Å²) in [5, 5.41) is 3.96. The Bertz CT molecular complexity index is 1510. The Morgan fingerprint density at radius 3 is 2.12 bits per heavy atom. The van der Waals surface area contributed by atoms with Gasteiger partial charge in [0.15, 0.2) is 0 Å². The van der Waals surface area contributed by atoms with Gasteiger partial charge in [-0.05, 0) is 81.6 Å².